The fourth-order valence-corrected chi connectivity index (χ4v) is 2.35. The molecule has 0 unspecified atom stereocenters. The minimum absolute atomic E-state index is 0.0217. The molecule has 0 radical (unpaired) electrons. The largest absolute Gasteiger partial charge is 0.508 e. The summed E-state index contributed by atoms with van der Waals surface area (Å²) in [5.41, 5.74) is 1.30. The Balaban J connectivity index is 1.96. The van der Waals surface area contributed by atoms with Crippen LogP contribution in [0.3, 0.4) is 0 Å². The van der Waals surface area contributed by atoms with Gasteiger partial charge in [0.2, 0.25) is 10.0 Å². The SMILES string of the molecule is NS(=O)(=O)c1ccc(CNCc2cc(F)ccc2O)cc1. The van der Waals surface area contributed by atoms with Crippen LogP contribution < -0.4 is 10.5 Å². The van der Waals surface area contributed by atoms with Crippen LogP contribution in [-0.2, 0) is 23.1 Å². The van der Waals surface area contributed by atoms with Crippen LogP contribution in [0.5, 0.6) is 5.75 Å². The number of benzene rings is 2. The van der Waals surface area contributed by atoms with Crippen LogP contribution in [0.1, 0.15) is 11.1 Å². The molecule has 2 aromatic rings. The van der Waals surface area contributed by atoms with E-state index >= 15 is 0 Å². The summed E-state index contributed by atoms with van der Waals surface area (Å²) in [6.07, 6.45) is 0. The van der Waals surface area contributed by atoms with E-state index in [-0.39, 0.29) is 10.6 Å². The maximum Gasteiger partial charge on any atom is 0.238 e. The third kappa shape index (κ3) is 4.25. The van der Waals surface area contributed by atoms with Crippen molar-refractivity contribution in [1.82, 2.24) is 5.32 Å². The van der Waals surface area contributed by atoms with Crippen molar-refractivity contribution in [2.24, 2.45) is 5.14 Å². The van der Waals surface area contributed by atoms with Crippen molar-refractivity contribution >= 4 is 10.0 Å². The molecule has 21 heavy (non-hydrogen) atoms. The van der Waals surface area contributed by atoms with E-state index in [1.54, 1.807) is 12.1 Å². The van der Waals surface area contributed by atoms with E-state index in [4.69, 9.17) is 5.14 Å². The Bertz CT molecular complexity index is 730. The number of nitrogens with one attached hydrogen (secondary N) is 1. The van der Waals surface area contributed by atoms with Gasteiger partial charge in [0.15, 0.2) is 0 Å². The molecule has 0 fully saturated rings. The molecule has 0 heterocycles. The highest BCUT2D eigenvalue weighted by atomic mass is 32.2. The molecule has 5 nitrogen and oxygen atoms in total. The number of hydrogen-bond acceptors (Lipinski definition) is 4. The topological polar surface area (TPSA) is 92.4 Å². The zero-order valence-electron chi connectivity index (χ0n) is 11.1. The lowest BCUT2D eigenvalue weighted by molar-refractivity contribution is 0.461. The van der Waals surface area contributed by atoms with Crippen LogP contribution in [0.4, 0.5) is 4.39 Å². The van der Waals surface area contributed by atoms with Gasteiger partial charge in [-0.2, -0.15) is 0 Å². The second kappa shape index (κ2) is 6.21. The minimum atomic E-state index is -3.69. The Labute approximate surface area is 122 Å². The molecule has 2 aromatic carbocycles. The van der Waals surface area contributed by atoms with Crippen molar-refractivity contribution in [3.8, 4) is 5.75 Å². The molecule has 0 aliphatic heterocycles. The van der Waals surface area contributed by atoms with Crippen LogP contribution in [0.15, 0.2) is 47.4 Å². The highest BCUT2D eigenvalue weighted by Gasteiger charge is 2.07. The normalized spacial score (nSPS) is 11.5. The van der Waals surface area contributed by atoms with Crippen LogP contribution in [0.2, 0.25) is 0 Å². The molecular weight excluding hydrogens is 295 g/mol. The third-order valence-corrected chi connectivity index (χ3v) is 3.87. The van der Waals surface area contributed by atoms with E-state index < -0.39 is 15.8 Å². The van der Waals surface area contributed by atoms with Crippen molar-refractivity contribution in [2.45, 2.75) is 18.0 Å². The Morgan fingerprint density at radius 2 is 1.76 bits per heavy atom. The quantitative estimate of drug-likeness (QED) is 0.779. The average molecular weight is 310 g/mol. The fraction of sp³-hybridized carbons (Fsp3) is 0.143. The van der Waals surface area contributed by atoms with Crippen LogP contribution >= 0.6 is 0 Å². The molecule has 7 heteroatoms. The predicted octanol–water partition coefficient (Wildman–Crippen LogP) is 1.47. The van der Waals surface area contributed by atoms with Gasteiger partial charge in [-0.1, -0.05) is 12.1 Å². The first-order valence-corrected chi connectivity index (χ1v) is 7.71. The average Bonchev–Trinajstić information content (AvgIpc) is 2.42. The molecule has 0 amide bonds. The van der Waals surface area contributed by atoms with E-state index in [1.165, 1.54) is 30.3 Å². The molecular formula is C14H15FN2O3S. The van der Waals surface area contributed by atoms with Gasteiger partial charge < -0.3 is 10.4 Å². The standard InChI is InChI=1S/C14H15FN2O3S/c15-12-3-6-14(18)11(7-12)9-17-8-10-1-4-13(5-2-10)21(16,19)20/h1-7,17-18H,8-9H2,(H2,16,19,20). The molecule has 0 spiro atoms. The zero-order valence-corrected chi connectivity index (χ0v) is 11.9. The predicted molar refractivity (Wildman–Crippen MR) is 76.4 cm³/mol. The van der Waals surface area contributed by atoms with E-state index in [9.17, 15) is 17.9 Å². The summed E-state index contributed by atoms with van der Waals surface area (Å²) in [6.45, 7) is 0.737. The molecule has 2 rings (SSSR count). The lowest BCUT2D eigenvalue weighted by Crippen LogP contribution is -2.14. The number of rotatable bonds is 5. The molecule has 0 bridgehead atoms. The summed E-state index contributed by atoms with van der Waals surface area (Å²) in [5.74, 6) is -0.393. The number of nitrogens with two attached hydrogens (primary N) is 1. The number of phenolic OH excluding ortho intramolecular Hbond substituents is 1. The molecule has 4 N–H and O–H groups in total. The first-order chi connectivity index (χ1) is 9.86. The van der Waals surface area contributed by atoms with Crippen LogP contribution in [0, 0.1) is 5.82 Å². The van der Waals surface area contributed by atoms with E-state index in [1.807, 2.05) is 0 Å². The van der Waals surface area contributed by atoms with Gasteiger partial charge in [0, 0.05) is 18.7 Å². The van der Waals surface area contributed by atoms with Gasteiger partial charge in [-0.05, 0) is 35.9 Å². The number of sulfonamides is 1. The Morgan fingerprint density at radius 3 is 2.38 bits per heavy atom. The summed E-state index contributed by atoms with van der Waals surface area (Å²) >= 11 is 0. The maximum atomic E-state index is 13.0. The summed E-state index contributed by atoms with van der Waals surface area (Å²) in [5, 5.41) is 17.6. The number of hydrogen-bond donors (Lipinski definition) is 3. The molecule has 0 saturated carbocycles. The summed E-state index contributed by atoms with van der Waals surface area (Å²) in [7, 11) is -3.69. The number of aromatic hydroxyl groups is 1. The van der Waals surface area contributed by atoms with Crippen molar-refractivity contribution < 1.29 is 17.9 Å². The van der Waals surface area contributed by atoms with Crippen LogP contribution in [-0.4, -0.2) is 13.5 Å². The summed E-state index contributed by atoms with van der Waals surface area (Å²) < 4.78 is 35.3. The van der Waals surface area contributed by atoms with E-state index in [0.29, 0.717) is 18.7 Å². The second-order valence-electron chi connectivity index (χ2n) is 4.57. The minimum Gasteiger partial charge on any atom is -0.508 e. The van der Waals surface area contributed by atoms with E-state index in [2.05, 4.69) is 5.32 Å². The van der Waals surface area contributed by atoms with Gasteiger partial charge >= 0.3 is 0 Å². The number of phenols is 1. The zero-order chi connectivity index (χ0) is 15.5. The van der Waals surface area contributed by atoms with Gasteiger partial charge in [-0.25, -0.2) is 17.9 Å². The molecule has 0 aromatic heterocycles. The van der Waals surface area contributed by atoms with Crippen molar-refractivity contribution in [3.05, 3.63) is 59.4 Å². The Morgan fingerprint density at radius 1 is 1.10 bits per heavy atom. The van der Waals surface area contributed by atoms with Gasteiger partial charge in [-0.15, -0.1) is 0 Å². The number of primary sulfonamides is 1. The Hall–Kier alpha value is -1.96. The molecule has 0 aliphatic carbocycles. The fourth-order valence-electron chi connectivity index (χ4n) is 1.83. The van der Waals surface area contributed by atoms with Gasteiger partial charge in [0.25, 0.3) is 0 Å². The molecule has 0 atom stereocenters. The monoisotopic (exact) mass is 310 g/mol. The lowest BCUT2D eigenvalue weighted by Gasteiger charge is -2.07. The van der Waals surface area contributed by atoms with Crippen molar-refractivity contribution in [1.29, 1.82) is 0 Å². The summed E-state index contributed by atoms with van der Waals surface area (Å²) in [6, 6.07) is 9.86. The van der Waals surface area contributed by atoms with E-state index in [0.717, 1.165) is 5.56 Å². The van der Waals surface area contributed by atoms with Gasteiger partial charge in [0.1, 0.15) is 11.6 Å². The molecule has 112 valence electrons. The van der Waals surface area contributed by atoms with Crippen molar-refractivity contribution in [3.63, 3.8) is 0 Å². The van der Waals surface area contributed by atoms with Crippen LogP contribution in [0.25, 0.3) is 0 Å². The number of halogens is 1. The highest BCUT2D eigenvalue weighted by molar-refractivity contribution is 7.89. The van der Waals surface area contributed by atoms with Crippen molar-refractivity contribution in [2.75, 3.05) is 0 Å². The second-order valence-corrected chi connectivity index (χ2v) is 6.13. The Kier molecular flexibility index (Phi) is 4.56. The summed E-state index contributed by atoms with van der Waals surface area (Å²) in [4.78, 5) is 0.0500. The smallest absolute Gasteiger partial charge is 0.238 e. The first-order valence-electron chi connectivity index (χ1n) is 6.16. The van der Waals surface area contributed by atoms with Gasteiger partial charge in [0.05, 0.1) is 4.90 Å². The lowest BCUT2D eigenvalue weighted by atomic mass is 10.2. The highest BCUT2D eigenvalue weighted by Crippen LogP contribution is 2.17. The molecule has 0 saturated heterocycles. The van der Waals surface area contributed by atoms with Gasteiger partial charge in [-0.3, -0.25) is 0 Å². The maximum absolute atomic E-state index is 13.0. The first kappa shape index (κ1) is 15.4. The third-order valence-electron chi connectivity index (χ3n) is 2.94. The molecule has 0 aliphatic rings.